The van der Waals surface area contributed by atoms with Crippen LogP contribution in [-0.4, -0.2) is 6.04 Å². The second-order valence-electron chi connectivity index (χ2n) is 3.37. The van der Waals surface area contributed by atoms with Gasteiger partial charge in [-0.05, 0) is 6.04 Å². The molecule has 0 radical (unpaired) electrons. The third kappa shape index (κ3) is 22.5. The molecule has 0 saturated heterocycles. The Bertz CT molecular complexity index is 41.8. The lowest BCUT2D eigenvalue weighted by molar-refractivity contribution is 0.504. The van der Waals surface area contributed by atoms with E-state index in [4.69, 9.17) is 5.73 Å². The highest BCUT2D eigenvalue weighted by Crippen LogP contribution is 2.15. The quantitative estimate of drug-likeness (QED) is 0.593. The van der Waals surface area contributed by atoms with Crippen molar-refractivity contribution in [1.29, 1.82) is 0 Å². The predicted molar refractivity (Wildman–Crippen MR) is 58.4 cm³/mol. The lowest BCUT2D eigenvalue weighted by atomic mass is 10.0. The standard InChI is InChI=1S/C6H12.C3H9N.C2H6/c1-2-4-6-5-3-1;1-3(2)4;1-2/h1-6H2;3H,4H2,1-2H3;1-2H3. The molecular formula is C11H27N. The minimum atomic E-state index is 0.333. The highest BCUT2D eigenvalue weighted by molar-refractivity contribution is 4.51. The van der Waals surface area contributed by atoms with Crippen LogP contribution in [0.25, 0.3) is 0 Å². The van der Waals surface area contributed by atoms with Crippen molar-refractivity contribution in [2.24, 2.45) is 5.73 Å². The average Bonchev–Trinajstić information content (AvgIpc) is 2.10. The van der Waals surface area contributed by atoms with E-state index in [0.717, 1.165) is 0 Å². The zero-order valence-corrected chi connectivity index (χ0v) is 9.40. The summed E-state index contributed by atoms with van der Waals surface area (Å²) in [7, 11) is 0. The molecule has 0 aliphatic heterocycles. The number of hydrogen-bond acceptors (Lipinski definition) is 1. The molecule has 12 heavy (non-hydrogen) atoms. The summed E-state index contributed by atoms with van der Waals surface area (Å²) in [6.07, 6.45) is 9.00. The first-order valence-corrected chi connectivity index (χ1v) is 5.49. The van der Waals surface area contributed by atoms with Crippen molar-refractivity contribution in [2.45, 2.75) is 72.3 Å². The van der Waals surface area contributed by atoms with Crippen LogP contribution in [0.3, 0.4) is 0 Å². The Labute approximate surface area is 78.7 Å². The molecule has 76 valence electrons. The van der Waals surface area contributed by atoms with Crippen molar-refractivity contribution in [3.8, 4) is 0 Å². The van der Waals surface area contributed by atoms with Crippen LogP contribution >= 0.6 is 0 Å². The molecule has 1 rings (SSSR count). The first-order chi connectivity index (χ1) is 5.73. The molecular weight excluding hydrogens is 146 g/mol. The van der Waals surface area contributed by atoms with E-state index in [9.17, 15) is 0 Å². The van der Waals surface area contributed by atoms with Gasteiger partial charge in [0.2, 0.25) is 0 Å². The summed E-state index contributed by atoms with van der Waals surface area (Å²) in [5.41, 5.74) is 5.11. The van der Waals surface area contributed by atoms with Crippen LogP contribution in [0, 0.1) is 0 Å². The smallest absolute Gasteiger partial charge is 0.00179 e. The molecule has 0 aromatic heterocycles. The van der Waals surface area contributed by atoms with Crippen LogP contribution in [0.15, 0.2) is 0 Å². The fourth-order valence-electron chi connectivity index (χ4n) is 1.06. The Balaban J connectivity index is 0. The fraction of sp³-hybridized carbons (Fsp3) is 1.00. The van der Waals surface area contributed by atoms with E-state index in [-0.39, 0.29) is 0 Å². The van der Waals surface area contributed by atoms with E-state index in [2.05, 4.69) is 0 Å². The lowest BCUT2D eigenvalue weighted by Gasteiger charge is -2.05. The Morgan fingerprint density at radius 2 is 0.833 bits per heavy atom. The van der Waals surface area contributed by atoms with Crippen molar-refractivity contribution in [3.05, 3.63) is 0 Å². The van der Waals surface area contributed by atoms with Crippen LogP contribution in [0.2, 0.25) is 0 Å². The Morgan fingerprint density at radius 3 is 0.917 bits per heavy atom. The molecule has 0 aromatic carbocycles. The SMILES string of the molecule is C1CCCCC1.CC.CC(C)N. The van der Waals surface area contributed by atoms with Gasteiger partial charge in [0, 0.05) is 0 Å². The molecule has 1 aliphatic rings. The molecule has 0 heterocycles. The summed E-state index contributed by atoms with van der Waals surface area (Å²) in [4.78, 5) is 0. The van der Waals surface area contributed by atoms with Gasteiger partial charge in [0.05, 0.1) is 0 Å². The largest absolute Gasteiger partial charge is 0.328 e. The van der Waals surface area contributed by atoms with Crippen molar-refractivity contribution in [2.75, 3.05) is 0 Å². The summed E-state index contributed by atoms with van der Waals surface area (Å²) in [5, 5.41) is 0. The van der Waals surface area contributed by atoms with Crippen LogP contribution in [0.4, 0.5) is 0 Å². The number of rotatable bonds is 0. The molecule has 1 heteroatoms. The highest BCUT2D eigenvalue weighted by atomic mass is 14.6. The molecule has 0 aromatic rings. The maximum Gasteiger partial charge on any atom is -0.00179 e. The van der Waals surface area contributed by atoms with Crippen LogP contribution in [0.5, 0.6) is 0 Å². The lowest BCUT2D eigenvalue weighted by Crippen LogP contribution is -2.06. The zero-order valence-electron chi connectivity index (χ0n) is 9.40. The first kappa shape index (κ1) is 14.5. The third-order valence-corrected chi connectivity index (χ3v) is 1.50. The van der Waals surface area contributed by atoms with Crippen LogP contribution in [0.1, 0.15) is 66.2 Å². The van der Waals surface area contributed by atoms with Gasteiger partial charge in [-0.25, -0.2) is 0 Å². The molecule has 1 aliphatic carbocycles. The number of nitrogens with two attached hydrogens (primary N) is 1. The number of hydrogen-bond donors (Lipinski definition) is 1. The zero-order chi connectivity index (χ0) is 9.82. The van der Waals surface area contributed by atoms with E-state index < -0.39 is 0 Å². The molecule has 0 spiro atoms. The van der Waals surface area contributed by atoms with E-state index in [1.807, 2.05) is 27.7 Å². The molecule has 1 nitrogen and oxygen atoms in total. The molecule has 0 bridgehead atoms. The summed E-state index contributed by atoms with van der Waals surface area (Å²) in [5.74, 6) is 0. The van der Waals surface area contributed by atoms with Gasteiger partial charge in [0.15, 0.2) is 0 Å². The second kappa shape index (κ2) is 13.5. The monoisotopic (exact) mass is 173 g/mol. The van der Waals surface area contributed by atoms with Gasteiger partial charge >= 0.3 is 0 Å². The first-order valence-electron chi connectivity index (χ1n) is 5.49. The van der Waals surface area contributed by atoms with Crippen molar-refractivity contribution in [3.63, 3.8) is 0 Å². The molecule has 0 amide bonds. The third-order valence-electron chi connectivity index (χ3n) is 1.50. The molecule has 1 fully saturated rings. The summed E-state index contributed by atoms with van der Waals surface area (Å²) >= 11 is 0. The predicted octanol–water partition coefficient (Wildman–Crippen LogP) is 3.72. The van der Waals surface area contributed by atoms with Gasteiger partial charge in [-0.3, -0.25) is 0 Å². The maximum atomic E-state index is 5.11. The van der Waals surface area contributed by atoms with Crippen LogP contribution < -0.4 is 5.73 Å². The summed E-state index contributed by atoms with van der Waals surface area (Å²) in [6, 6.07) is 0.333. The van der Waals surface area contributed by atoms with Crippen LogP contribution in [-0.2, 0) is 0 Å². The van der Waals surface area contributed by atoms with Gasteiger partial charge in [-0.2, -0.15) is 0 Å². The van der Waals surface area contributed by atoms with Crippen molar-refractivity contribution < 1.29 is 0 Å². The van der Waals surface area contributed by atoms with E-state index in [1.54, 1.807) is 0 Å². The molecule has 2 N–H and O–H groups in total. The van der Waals surface area contributed by atoms with Crippen molar-refractivity contribution >= 4 is 0 Å². The normalized spacial score (nSPS) is 15.5. The van der Waals surface area contributed by atoms with Gasteiger partial charge in [-0.1, -0.05) is 66.2 Å². The maximum absolute atomic E-state index is 5.11. The van der Waals surface area contributed by atoms with Gasteiger partial charge in [-0.15, -0.1) is 0 Å². The van der Waals surface area contributed by atoms with Gasteiger partial charge in [0.25, 0.3) is 0 Å². The van der Waals surface area contributed by atoms with Gasteiger partial charge in [0.1, 0.15) is 0 Å². The molecule has 0 unspecified atom stereocenters. The van der Waals surface area contributed by atoms with E-state index >= 15 is 0 Å². The van der Waals surface area contributed by atoms with E-state index in [0.29, 0.717) is 6.04 Å². The molecule has 1 saturated carbocycles. The fourth-order valence-corrected chi connectivity index (χ4v) is 1.06. The van der Waals surface area contributed by atoms with Crippen molar-refractivity contribution in [1.82, 2.24) is 0 Å². The highest BCUT2D eigenvalue weighted by Gasteiger charge is 1.95. The van der Waals surface area contributed by atoms with Gasteiger partial charge < -0.3 is 5.73 Å². The average molecular weight is 173 g/mol. The topological polar surface area (TPSA) is 26.0 Å². The Kier molecular flexibility index (Phi) is 16.3. The Hall–Kier alpha value is -0.0400. The summed E-state index contributed by atoms with van der Waals surface area (Å²) in [6.45, 7) is 7.89. The van der Waals surface area contributed by atoms with E-state index in [1.165, 1.54) is 38.5 Å². The minimum absolute atomic E-state index is 0.333. The second-order valence-corrected chi connectivity index (χ2v) is 3.37. The molecule has 0 atom stereocenters. The minimum Gasteiger partial charge on any atom is -0.328 e. The Morgan fingerprint density at radius 1 is 0.750 bits per heavy atom. The summed E-state index contributed by atoms with van der Waals surface area (Å²) < 4.78 is 0.